The molecular weight excluding hydrogens is 312 g/mol. The number of rotatable bonds is 4. The summed E-state index contributed by atoms with van der Waals surface area (Å²) in [5.74, 6) is 0.189. The predicted molar refractivity (Wildman–Crippen MR) is 84.4 cm³/mol. The molecule has 0 spiro atoms. The van der Waals surface area contributed by atoms with Gasteiger partial charge in [-0.3, -0.25) is 4.72 Å². The molecule has 0 fully saturated rings. The van der Waals surface area contributed by atoms with Crippen molar-refractivity contribution in [3.05, 3.63) is 47.0 Å². The first kappa shape index (κ1) is 15.5. The molecule has 21 heavy (non-hydrogen) atoms. The number of hydrogen-bond donors (Lipinski definition) is 2. The first-order valence-corrected chi connectivity index (χ1v) is 7.92. The first-order valence-electron chi connectivity index (χ1n) is 6.06. The van der Waals surface area contributed by atoms with E-state index in [4.69, 9.17) is 22.1 Å². The zero-order valence-electron chi connectivity index (χ0n) is 11.6. The molecule has 2 aromatic rings. The van der Waals surface area contributed by atoms with Crippen LogP contribution in [0, 0.1) is 6.92 Å². The van der Waals surface area contributed by atoms with Gasteiger partial charge in [-0.15, -0.1) is 0 Å². The highest BCUT2D eigenvalue weighted by Gasteiger charge is 2.20. The van der Waals surface area contributed by atoms with Gasteiger partial charge in [0.2, 0.25) is 0 Å². The van der Waals surface area contributed by atoms with Crippen LogP contribution in [-0.4, -0.2) is 15.5 Å². The molecule has 0 unspecified atom stereocenters. The summed E-state index contributed by atoms with van der Waals surface area (Å²) in [4.78, 5) is 0.0218. The summed E-state index contributed by atoms with van der Waals surface area (Å²) in [6, 6.07) is 9.28. The third-order valence-corrected chi connectivity index (χ3v) is 4.55. The van der Waals surface area contributed by atoms with E-state index in [0.717, 1.165) is 5.56 Å². The van der Waals surface area contributed by atoms with Gasteiger partial charge in [0.05, 0.1) is 12.8 Å². The molecule has 0 heterocycles. The highest BCUT2D eigenvalue weighted by atomic mass is 35.5. The van der Waals surface area contributed by atoms with E-state index in [9.17, 15) is 8.42 Å². The van der Waals surface area contributed by atoms with Gasteiger partial charge in [0.25, 0.3) is 10.0 Å². The molecule has 7 heteroatoms. The van der Waals surface area contributed by atoms with Crippen molar-refractivity contribution >= 4 is 33.0 Å². The maximum Gasteiger partial charge on any atom is 0.265 e. The van der Waals surface area contributed by atoms with E-state index < -0.39 is 10.0 Å². The Bertz CT molecular complexity index is 776. The van der Waals surface area contributed by atoms with Crippen LogP contribution in [0.1, 0.15) is 5.56 Å². The van der Waals surface area contributed by atoms with Crippen LogP contribution < -0.4 is 15.2 Å². The number of nitrogens with two attached hydrogens (primary N) is 1. The first-order chi connectivity index (χ1) is 9.83. The molecule has 0 aliphatic heterocycles. The molecule has 0 bridgehead atoms. The minimum atomic E-state index is -3.78. The summed E-state index contributed by atoms with van der Waals surface area (Å²) in [5.41, 5.74) is 7.23. The van der Waals surface area contributed by atoms with E-state index in [2.05, 4.69) is 4.72 Å². The summed E-state index contributed by atoms with van der Waals surface area (Å²) in [5, 5.41) is 0.542. The van der Waals surface area contributed by atoms with E-state index in [1.54, 1.807) is 25.1 Å². The Kier molecular flexibility index (Phi) is 4.29. The molecule has 2 rings (SSSR count). The molecular formula is C14H15ClN2O3S. The largest absolute Gasteiger partial charge is 0.495 e. The number of ether oxygens (including phenoxy) is 1. The second-order valence-electron chi connectivity index (χ2n) is 4.48. The third kappa shape index (κ3) is 3.40. The number of nitrogen functional groups attached to an aromatic ring is 1. The average molecular weight is 327 g/mol. The Morgan fingerprint density at radius 3 is 2.52 bits per heavy atom. The quantitative estimate of drug-likeness (QED) is 0.846. The van der Waals surface area contributed by atoms with Gasteiger partial charge in [-0.25, -0.2) is 8.42 Å². The van der Waals surface area contributed by atoms with Crippen molar-refractivity contribution in [3.63, 3.8) is 0 Å². The van der Waals surface area contributed by atoms with Crippen LogP contribution in [0.15, 0.2) is 41.3 Å². The third-order valence-electron chi connectivity index (χ3n) is 2.91. The van der Waals surface area contributed by atoms with Gasteiger partial charge in [0.15, 0.2) is 0 Å². The van der Waals surface area contributed by atoms with Crippen LogP contribution in [0.25, 0.3) is 0 Å². The molecule has 0 atom stereocenters. The van der Waals surface area contributed by atoms with Crippen molar-refractivity contribution < 1.29 is 13.2 Å². The number of sulfonamides is 1. The number of methoxy groups -OCH3 is 1. The zero-order chi connectivity index (χ0) is 15.6. The fourth-order valence-corrected chi connectivity index (χ4v) is 3.36. The standard InChI is InChI=1S/C14H15ClN2O3S/c1-9-7-10(15)3-5-12(9)17-21(18,19)14-6-4-11(16)8-13(14)20-2/h3-8,17H,16H2,1-2H3. The number of aryl methyl sites for hydroxylation is 1. The molecule has 5 nitrogen and oxygen atoms in total. The van der Waals surface area contributed by atoms with Crippen molar-refractivity contribution in [2.45, 2.75) is 11.8 Å². The van der Waals surface area contributed by atoms with Gasteiger partial charge in [-0.05, 0) is 42.8 Å². The molecule has 3 N–H and O–H groups in total. The number of hydrogen-bond acceptors (Lipinski definition) is 4. The van der Waals surface area contributed by atoms with Gasteiger partial charge in [-0.1, -0.05) is 11.6 Å². The van der Waals surface area contributed by atoms with E-state index in [-0.39, 0.29) is 10.6 Å². The maximum absolute atomic E-state index is 12.5. The van der Waals surface area contributed by atoms with E-state index in [0.29, 0.717) is 16.4 Å². The van der Waals surface area contributed by atoms with E-state index in [1.807, 2.05) is 0 Å². The van der Waals surface area contributed by atoms with Crippen LogP contribution in [-0.2, 0) is 10.0 Å². The van der Waals surface area contributed by atoms with Crippen molar-refractivity contribution in [2.24, 2.45) is 0 Å². The molecule has 0 radical (unpaired) electrons. The van der Waals surface area contributed by atoms with E-state index >= 15 is 0 Å². The molecule has 0 saturated carbocycles. The topological polar surface area (TPSA) is 81.4 Å². The molecule has 0 amide bonds. The molecule has 0 aromatic heterocycles. The number of benzene rings is 2. The fraction of sp³-hybridized carbons (Fsp3) is 0.143. The van der Waals surface area contributed by atoms with Gasteiger partial charge in [0, 0.05) is 16.8 Å². The summed E-state index contributed by atoms with van der Waals surface area (Å²) >= 11 is 5.86. The zero-order valence-corrected chi connectivity index (χ0v) is 13.1. The average Bonchev–Trinajstić information content (AvgIpc) is 2.41. The highest BCUT2D eigenvalue weighted by Crippen LogP contribution is 2.29. The predicted octanol–water partition coefficient (Wildman–Crippen LogP) is 3.04. The lowest BCUT2D eigenvalue weighted by Gasteiger charge is -2.13. The summed E-state index contributed by atoms with van der Waals surface area (Å²) in [6.45, 7) is 1.77. The van der Waals surface area contributed by atoms with Crippen molar-refractivity contribution in [2.75, 3.05) is 17.6 Å². The lowest BCUT2D eigenvalue weighted by atomic mass is 10.2. The maximum atomic E-state index is 12.5. The molecule has 0 aliphatic rings. The molecule has 112 valence electrons. The van der Waals surface area contributed by atoms with Crippen molar-refractivity contribution in [1.29, 1.82) is 0 Å². The second-order valence-corrected chi connectivity index (χ2v) is 6.56. The Hall–Kier alpha value is -1.92. The summed E-state index contributed by atoms with van der Waals surface area (Å²) < 4.78 is 32.5. The van der Waals surface area contributed by atoms with Crippen LogP contribution in [0.4, 0.5) is 11.4 Å². The van der Waals surface area contributed by atoms with Crippen molar-refractivity contribution in [1.82, 2.24) is 0 Å². The Labute approximate surface area is 128 Å². The van der Waals surface area contributed by atoms with Crippen molar-refractivity contribution in [3.8, 4) is 5.75 Å². The lowest BCUT2D eigenvalue weighted by Crippen LogP contribution is -2.15. The minimum Gasteiger partial charge on any atom is -0.495 e. The lowest BCUT2D eigenvalue weighted by molar-refractivity contribution is 0.403. The number of halogens is 1. The Balaban J connectivity index is 2.43. The van der Waals surface area contributed by atoms with Crippen LogP contribution >= 0.6 is 11.6 Å². The Morgan fingerprint density at radius 2 is 1.90 bits per heavy atom. The molecule has 2 aromatic carbocycles. The van der Waals surface area contributed by atoms with E-state index in [1.165, 1.54) is 25.3 Å². The van der Waals surface area contributed by atoms with Gasteiger partial charge in [0.1, 0.15) is 10.6 Å². The molecule has 0 aliphatic carbocycles. The highest BCUT2D eigenvalue weighted by molar-refractivity contribution is 7.92. The van der Waals surface area contributed by atoms with Gasteiger partial charge < -0.3 is 10.5 Å². The second kappa shape index (κ2) is 5.83. The van der Waals surface area contributed by atoms with Crippen LogP contribution in [0.5, 0.6) is 5.75 Å². The van der Waals surface area contributed by atoms with Gasteiger partial charge >= 0.3 is 0 Å². The molecule has 0 saturated heterocycles. The number of nitrogens with one attached hydrogen (secondary N) is 1. The Morgan fingerprint density at radius 1 is 1.19 bits per heavy atom. The number of anilines is 2. The smallest absolute Gasteiger partial charge is 0.265 e. The minimum absolute atomic E-state index is 0.0218. The van der Waals surface area contributed by atoms with Crippen LogP contribution in [0.2, 0.25) is 5.02 Å². The fourth-order valence-electron chi connectivity index (χ4n) is 1.85. The monoisotopic (exact) mass is 326 g/mol. The summed E-state index contributed by atoms with van der Waals surface area (Å²) in [6.07, 6.45) is 0. The van der Waals surface area contributed by atoms with Gasteiger partial charge in [-0.2, -0.15) is 0 Å². The van der Waals surface area contributed by atoms with Crippen LogP contribution in [0.3, 0.4) is 0 Å². The normalized spacial score (nSPS) is 11.2. The SMILES string of the molecule is COc1cc(N)ccc1S(=O)(=O)Nc1ccc(Cl)cc1C. The summed E-state index contributed by atoms with van der Waals surface area (Å²) in [7, 11) is -2.39.